The van der Waals surface area contributed by atoms with Gasteiger partial charge in [0.05, 0.1) is 36.6 Å². The van der Waals surface area contributed by atoms with Crippen LogP contribution in [-0.4, -0.2) is 31.4 Å². The molecule has 3 aromatic rings. The fourth-order valence-corrected chi connectivity index (χ4v) is 5.03. The van der Waals surface area contributed by atoms with E-state index in [2.05, 4.69) is 4.99 Å². The van der Waals surface area contributed by atoms with Gasteiger partial charge in [-0.15, -0.1) is 0 Å². The number of fused-ring (bicyclic) bond motifs is 1. The molecule has 0 spiro atoms. The van der Waals surface area contributed by atoms with E-state index in [-0.39, 0.29) is 12.2 Å². The molecular formula is C27H26N2O5S. The highest BCUT2D eigenvalue weighted by molar-refractivity contribution is 7.07. The number of hydrogen-bond donors (Lipinski definition) is 0. The highest BCUT2D eigenvalue weighted by atomic mass is 32.1. The molecule has 0 amide bonds. The van der Waals surface area contributed by atoms with Gasteiger partial charge >= 0.3 is 5.97 Å². The quantitative estimate of drug-likeness (QED) is 0.474. The molecule has 0 unspecified atom stereocenters. The Kier molecular flexibility index (Phi) is 7.31. The summed E-state index contributed by atoms with van der Waals surface area (Å²) in [6.07, 6.45) is 5.44. The summed E-state index contributed by atoms with van der Waals surface area (Å²) in [6.45, 7) is 3.72. The summed E-state index contributed by atoms with van der Waals surface area (Å²) in [7, 11) is 3.18. The zero-order valence-corrected chi connectivity index (χ0v) is 20.8. The number of rotatable bonds is 7. The predicted molar refractivity (Wildman–Crippen MR) is 136 cm³/mol. The first kappa shape index (κ1) is 24.2. The number of allylic oxidation sites excluding steroid dienone is 2. The first-order valence-electron chi connectivity index (χ1n) is 11.1. The molecule has 0 N–H and O–H groups in total. The number of hydrogen-bond acceptors (Lipinski definition) is 7. The number of methoxy groups -OCH3 is 2. The van der Waals surface area contributed by atoms with Crippen molar-refractivity contribution in [1.29, 1.82) is 0 Å². The van der Waals surface area contributed by atoms with Gasteiger partial charge in [-0.25, -0.2) is 9.79 Å². The summed E-state index contributed by atoms with van der Waals surface area (Å²) < 4.78 is 18.3. The molecule has 1 aliphatic rings. The van der Waals surface area contributed by atoms with Crippen LogP contribution in [-0.2, 0) is 9.53 Å². The molecule has 1 aromatic heterocycles. The second-order valence-electron chi connectivity index (χ2n) is 7.67. The first-order chi connectivity index (χ1) is 17.0. The van der Waals surface area contributed by atoms with Crippen molar-refractivity contribution in [2.45, 2.75) is 19.9 Å². The standard InChI is InChI=1S/C27H26N2O5S/c1-5-34-26(31)23-17(2)28-27-29(24(23)19-13-7-9-15-21(19)33-4)25(30)22(35-27)16-10-12-18-11-6-8-14-20(18)32-3/h6-16,24H,5H2,1-4H3/b12-10+,22-16+/t24-/m1/s1. The molecule has 2 heterocycles. The Bertz CT molecular complexity index is 1500. The molecule has 7 nitrogen and oxygen atoms in total. The number of esters is 1. The lowest BCUT2D eigenvalue weighted by Crippen LogP contribution is -2.40. The Morgan fingerprint density at radius 3 is 2.49 bits per heavy atom. The van der Waals surface area contributed by atoms with Crippen LogP contribution in [0.3, 0.4) is 0 Å². The second kappa shape index (κ2) is 10.6. The van der Waals surface area contributed by atoms with Gasteiger partial charge in [-0.3, -0.25) is 9.36 Å². The Labute approximate surface area is 206 Å². The minimum absolute atomic E-state index is 0.215. The van der Waals surface area contributed by atoms with E-state index >= 15 is 0 Å². The maximum atomic E-state index is 13.6. The monoisotopic (exact) mass is 490 g/mol. The van der Waals surface area contributed by atoms with E-state index in [9.17, 15) is 9.59 Å². The molecule has 4 rings (SSSR count). The fraction of sp³-hybridized carbons (Fsp3) is 0.222. The number of aromatic nitrogens is 1. The van der Waals surface area contributed by atoms with Crippen molar-refractivity contribution in [2.24, 2.45) is 4.99 Å². The summed E-state index contributed by atoms with van der Waals surface area (Å²) in [6, 6.07) is 14.2. The third-order valence-electron chi connectivity index (χ3n) is 5.61. The highest BCUT2D eigenvalue weighted by Gasteiger charge is 2.34. The van der Waals surface area contributed by atoms with Crippen molar-refractivity contribution >= 4 is 29.5 Å². The lowest BCUT2D eigenvalue weighted by Gasteiger charge is -2.25. The number of ether oxygens (including phenoxy) is 3. The zero-order chi connectivity index (χ0) is 24.9. The minimum atomic E-state index is -0.721. The molecule has 0 bridgehead atoms. The van der Waals surface area contributed by atoms with E-state index in [4.69, 9.17) is 14.2 Å². The molecule has 1 atom stereocenters. The molecule has 0 radical (unpaired) electrons. The lowest BCUT2D eigenvalue weighted by atomic mass is 9.95. The van der Waals surface area contributed by atoms with E-state index in [1.165, 1.54) is 11.3 Å². The smallest absolute Gasteiger partial charge is 0.338 e. The summed E-state index contributed by atoms with van der Waals surface area (Å²) >= 11 is 1.27. The van der Waals surface area contributed by atoms with Gasteiger partial charge in [-0.05, 0) is 32.1 Å². The molecule has 35 heavy (non-hydrogen) atoms. The van der Waals surface area contributed by atoms with Crippen LogP contribution in [0, 0.1) is 0 Å². The average molecular weight is 491 g/mol. The number of nitrogens with zero attached hydrogens (tertiary/aromatic N) is 2. The Balaban J connectivity index is 1.88. The molecule has 0 aliphatic carbocycles. The number of para-hydroxylation sites is 2. The lowest BCUT2D eigenvalue weighted by molar-refractivity contribution is -0.139. The summed E-state index contributed by atoms with van der Waals surface area (Å²) in [5.41, 5.74) is 2.16. The Morgan fingerprint density at radius 2 is 1.77 bits per heavy atom. The van der Waals surface area contributed by atoms with E-state index < -0.39 is 12.0 Å². The van der Waals surface area contributed by atoms with E-state index in [1.54, 1.807) is 44.8 Å². The molecule has 0 saturated heterocycles. The number of thiazole rings is 1. The molecule has 1 aliphatic heterocycles. The van der Waals surface area contributed by atoms with Gasteiger partial charge in [-0.1, -0.05) is 59.9 Å². The van der Waals surface area contributed by atoms with E-state index in [0.717, 1.165) is 11.3 Å². The van der Waals surface area contributed by atoms with Crippen LogP contribution in [0.25, 0.3) is 12.2 Å². The molecule has 0 saturated carbocycles. The van der Waals surface area contributed by atoms with Crippen LogP contribution in [0.4, 0.5) is 0 Å². The van der Waals surface area contributed by atoms with Gasteiger partial charge in [0, 0.05) is 11.1 Å². The van der Waals surface area contributed by atoms with E-state index in [0.29, 0.717) is 31.9 Å². The zero-order valence-electron chi connectivity index (χ0n) is 20.0. The van der Waals surface area contributed by atoms with Gasteiger partial charge in [0.25, 0.3) is 5.56 Å². The van der Waals surface area contributed by atoms with Crippen LogP contribution in [0.15, 0.2) is 75.7 Å². The first-order valence-corrected chi connectivity index (χ1v) is 11.9. The molecule has 8 heteroatoms. The van der Waals surface area contributed by atoms with Gasteiger partial charge in [0.2, 0.25) is 0 Å². The third-order valence-corrected chi connectivity index (χ3v) is 6.61. The molecule has 2 aromatic carbocycles. The summed E-state index contributed by atoms with van der Waals surface area (Å²) in [5.74, 6) is 0.805. The van der Waals surface area contributed by atoms with Gasteiger partial charge in [-0.2, -0.15) is 0 Å². The molecular weight excluding hydrogens is 464 g/mol. The number of carbonyl (C=O) groups is 1. The Hall–Kier alpha value is -3.91. The SMILES string of the molecule is CCOC(=O)C1=C(C)N=c2s/c(=C/C=C/c3ccccc3OC)c(=O)n2[C@@H]1c1ccccc1OC. The van der Waals surface area contributed by atoms with Crippen molar-refractivity contribution < 1.29 is 19.0 Å². The maximum absolute atomic E-state index is 13.6. The second-order valence-corrected chi connectivity index (χ2v) is 8.68. The van der Waals surface area contributed by atoms with Crippen molar-refractivity contribution in [2.75, 3.05) is 20.8 Å². The van der Waals surface area contributed by atoms with Crippen LogP contribution < -0.4 is 24.4 Å². The third kappa shape index (κ3) is 4.70. The fourth-order valence-electron chi connectivity index (χ4n) is 4.04. The average Bonchev–Trinajstić information content (AvgIpc) is 3.18. The normalized spacial score (nSPS) is 15.7. The topological polar surface area (TPSA) is 79.1 Å². The van der Waals surface area contributed by atoms with Crippen LogP contribution in [0.1, 0.15) is 31.0 Å². The van der Waals surface area contributed by atoms with E-state index in [1.807, 2.05) is 54.6 Å². The highest BCUT2D eigenvalue weighted by Crippen LogP contribution is 2.35. The van der Waals surface area contributed by atoms with Crippen molar-refractivity contribution in [3.8, 4) is 11.5 Å². The van der Waals surface area contributed by atoms with Gasteiger partial charge in [0.15, 0.2) is 4.80 Å². The molecule has 180 valence electrons. The number of carbonyl (C=O) groups excluding carboxylic acids is 1. The Morgan fingerprint density at radius 1 is 1.09 bits per heavy atom. The van der Waals surface area contributed by atoms with Crippen molar-refractivity contribution in [3.63, 3.8) is 0 Å². The van der Waals surface area contributed by atoms with Gasteiger partial charge in [0.1, 0.15) is 17.5 Å². The molecule has 0 fully saturated rings. The van der Waals surface area contributed by atoms with Crippen LogP contribution in [0.2, 0.25) is 0 Å². The number of benzene rings is 2. The van der Waals surface area contributed by atoms with Crippen LogP contribution in [0.5, 0.6) is 11.5 Å². The minimum Gasteiger partial charge on any atom is -0.496 e. The van der Waals surface area contributed by atoms with Crippen molar-refractivity contribution in [3.05, 3.63) is 96.7 Å². The largest absolute Gasteiger partial charge is 0.496 e. The van der Waals surface area contributed by atoms with Crippen LogP contribution >= 0.6 is 11.3 Å². The summed E-state index contributed by atoms with van der Waals surface area (Å²) in [4.78, 5) is 31.7. The van der Waals surface area contributed by atoms with Crippen molar-refractivity contribution in [1.82, 2.24) is 4.57 Å². The predicted octanol–water partition coefficient (Wildman–Crippen LogP) is 3.48. The van der Waals surface area contributed by atoms with Gasteiger partial charge < -0.3 is 14.2 Å². The maximum Gasteiger partial charge on any atom is 0.338 e. The summed E-state index contributed by atoms with van der Waals surface area (Å²) in [5, 5.41) is 0.